The molecule has 2 unspecified atom stereocenters. The van der Waals surface area contributed by atoms with E-state index in [0.29, 0.717) is 6.42 Å². The maximum atomic E-state index is 12.8. The van der Waals surface area contributed by atoms with Gasteiger partial charge < -0.3 is 5.11 Å². The topological polar surface area (TPSA) is 37.3 Å². The molecule has 0 heterocycles. The molecule has 0 aliphatic rings. The number of carbonyl (C=O) groups is 1. The lowest BCUT2D eigenvalue weighted by molar-refractivity contribution is -0.142. The second-order valence-corrected chi connectivity index (χ2v) is 7.34. The molecule has 0 fully saturated rings. The standard InChI is InChI=1S/C23H23O2P.BrH/c1-2-22(18-12-6-3-7-13-18,19-14-8-4-9-15-19)23(26,21(24)25)20-16-10-5-11-17-20;/h3-17H,2,26H2,1H3,(H,24,25);1H. The molecular formula is C23H24BrO2P. The van der Waals surface area contributed by atoms with Crippen LogP contribution in [0.15, 0.2) is 91.0 Å². The molecule has 0 radical (unpaired) electrons. The van der Waals surface area contributed by atoms with Crippen LogP contribution in [0.25, 0.3) is 0 Å². The summed E-state index contributed by atoms with van der Waals surface area (Å²) in [6.07, 6.45) is 0.645. The molecule has 0 aliphatic carbocycles. The van der Waals surface area contributed by atoms with Crippen molar-refractivity contribution in [1.82, 2.24) is 0 Å². The van der Waals surface area contributed by atoms with E-state index in [1.807, 2.05) is 91.0 Å². The first kappa shape index (κ1) is 21.3. The minimum absolute atomic E-state index is 0. The van der Waals surface area contributed by atoms with Gasteiger partial charge in [-0.1, -0.05) is 97.9 Å². The third-order valence-electron chi connectivity index (χ3n) is 5.30. The molecule has 0 saturated heterocycles. The fraction of sp³-hybridized carbons (Fsp3) is 0.174. The second kappa shape index (κ2) is 8.82. The van der Waals surface area contributed by atoms with Gasteiger partial charge in [0.05, 0.1) is 0 Å². The van der Waals surface area contributed by atoms with Gasteiger partial charge in [-0.3, -0.25) is 4.79 Å². The van der Waals surface area contributed by atoms with E-state index in [-0.39, 0.29) is 17.0 Å². The lowest BCUT2D eigenvalue weighted by atomic mass is 9.61. The van der Waals surface area contributed by atoms with Crippen LogP contribution in [0.5, 0.6) is 0 Å². The van der Waals surface area contributed by atoms with Gasteiger partial charge in [0.1, 0.15) is 5.16 Å². The SMILES string of the molecule is Br.CCC(c1ccccc1)(c1ccccc1)C(P)(C(=O)O)c1ccccc1. The molecule has 4 heteroatoms. The van der Waals surface area contributed by atoms with Crippen LogP contribution in [-0.2, 0) is 15.4 Å². The van der Waals surface area contributed by atoms with Crippen molar-refractivity contribution in [1.29, 1.82) is 0 Å². The predicted octanol–water partition coefficient (Wildman–Crippen LogP) is 5.82. The maximum absolute atomic E-state index is 12.8. The monoisotopic (exact) mass is 442 g/mol. The zero-order chi connectivity index (χ0) is 18.6. The van der Waals surface area contributed by atoms with Crippen LogP contribution in [0.1, 0.15) is 30.0 Å². The van der Waals surface area contributed by atoms with Crippen LogP contribution in [-0.4, -0.2) is 11.1 Å². The van der Waals surface area contributed by atoms with Gasteiger partial charge in [-0.15, -0.1) is 26.2 Å². The summed E-state index contributed by atoms with van der Waals surface area (Å²) in [5, 5.41) is 9.25. The van der Waals surface area contributed by atoms with Gasteiger partial charge in [-0.25, -0.2) is 0 Å². The lowest BCUT2D eigenvalue weighted by Crippen LogP contribution is -2.51. The zero-order valence-corrected chi connectivity index (χ0v) is 18.1. The van der Waals surface area contributed by atoms with E-state index in [2.05, 4.69) is 16.2 Å². The van der Waals surface area contributed by atoms with Gasteiger partial charge in [0.15, 0.2) is 0 Å². The molecule has 1 N–H and O–H groups in total. The van der Waals surface area contributed by atoms with Crippen LogP contribution in [0, 0.1) is 0 Å². The molecular weight excluding hydrogens is 419 g/mol. The molecule has 0 spiro atoms. The third-order valence-corrected chi connectivity index (χ3v) is 6.38. The highest BCUT2D eigenvalue weighted by atomic mass is 79.9. The van der Waals surface area contributed by atoms with E-state index in [1.54, 1.807) is 0 Å². The Kier molecular flexibility index (Phi) is 6.97. The van der Waals surface area contributed by atoms with E-state index < -0.39 is 16.5 Å². The van der Waals surface area contributed by atoms with Crippen molar-refractivity contribution < 1.29 is 9.90 Å². The van der Waals surface area contributed by atoms with E-state index in [1.165, 1.54) is 0 Å². The predicted molar refractivity (Wildman–Crippen MR) is 120 cm³/mol. The number of halogens is 1. The van der Waals surface area contributed by atoms with Crippen molar-refractivity contribution in [2.24, 2.45) is 0 Å². The summed E-state index contributed by atoms with van der Waals surface area (Å²) in [6, 6.07) is 29.4. The Bertz CT molecular complexity index is 829. The number of carboxylic acid groups (broad SMARTS) is 1. The van der Waals surface area contributed by atoms with Crippen molar-refractivity contribution >= 4 is 32.2 Å². The number of benzene rings is 3. The molecule has 27 heavy (non-hydrogen) atoms. The number of rotatable bonds is 6. The molecule has 0 aliphatic heterocycles. The molecule has 3 aromatic rings. The van der Waals surface area contributed by atoms with Crippen LogP contribution >= 0.6 is 26.2 Å². The highest BCUT2D eigenvalue weighted by Gasteiger charge is 2.55. The molecule has 2 nitrogen and oxygen atoms in total. The number of aliphatic carboxylic acids is 1. The number of hydrogen-bond acceptors (Lipinski definition) is 1. The van der Waals surface area contributed by atoms with Crippen molar-refractivity contribution in [3.63, 3.8) is 0 Å². The summed E-state index contributed by atoms with van der Waals surface area (Å²) in [7, 11) is 2.68. The Morgan fingerprint density at radius 1 is 0.778 bits per heavy atom. The van der Waals surface area contributed by atoms with Crippen molar-refractivity contribution in [3.05, 3.63) is 108 Å². The molecule has 0 saturated carbocycles. The smallest absolute Gasteiger partial charge is 0.319 e. The van der Waals surface area contributed by atoms with Crippen LogP contribution < -0.4 is 0 Å². The largest absolute Gasteiger partial charge is 0.480 e. The van der Waals surface area contributed by atoms with E-state index in [0.717, 1.165) is 16.7 Å². The van der Waals surface area contributed by atoms with Crippen LogP contribution in [0.3, 0.4) is 0 Å². The second-order valence-electron chi connectivity index (χ2n) is 6.47. The summed E-state index contributed by atoms with van der Waals surface area (Å²) in [5.41, 5.74) is 2.03. The molecule has 2 atom stereocenters. The summed E-state index contributed by atoms with van der Waals surface area (Å²) in [4.78, 5) is 12.8. The van der Waals surface area contributed by atoms with Crippen molar-refractivity contribution in [3.8, 4) is 0 Å². The number of carboxylic acids is 1. The Hall–Kier alpha value is -1.96. The first-order valence-corrected chi connectivity index (χ1v) is 9.34. The lowest BCUT2D eigenvalue weighted by Gasteiger charge is -2.47. The highest BCUT2D eigenvalue weighted by Crippen LogP contribution is 2.55. The molecule has 0 aromatic heterocycles. The van der Waals surface area contributed by atoms with E-state index >= 15 is 0 Å². The van der Waals surface area contributed by atoms with Gasteiger partial charge in [0, 0.05) is 5.41 Å². The fourth-order valence-electron chi connectivity index (χ4n) is 4.01. The average Bonchev–Trinajstić information content (AvgIpc) is 2.71. The first-order chi connectivity index (χ1) is 12.6. The van der Waals surface area contributed by atoms with Crippen LogP contribution in [0.2, 0.25) is 0 Å². The maximum Gasteiger partial charge on any atom is 0.319 e. The Morgan fingerprint density at radius 2 is 1.11 bits per heavy atom. The van der Waals surface area contributed by atoms with Crippen LogP contribution in [0.4, 0.5) is 0 Å². The fourth-order valence-corrected chi connectivity index (χ4v) is 4.74. The minimum Gasteiger partial charge on any atom is -0.480 e. The molecule has 3 rings (SSSR count). The Labute approximate surface area is 173 Å². The molecule has 0 amide bonds. The normalized spacial score (nSPS) is 13.3. The van der Waals surface area contributed by atoms with E-state index in [4.69, 9.17) is 0 Å². The quantitative estimate of drug-likeness (QED) is 0.488. The van der Waals surface area contributed by atoms with Gasteiger partial charge in [0.25, 0.3) is 0 Å². The summed E-state index contributed by atoms with van der Waals surface area (Å²) < 4.78 is 0. The molecule has 0 bridgehead atoms. The van der Waals surface area contributed by atoms with Crippen molar-refractivity contribution in [2.45, 2.75) is 23.9 Å². The Morgan fingerprint density at radius 3 is 1.41 bits per heavy atom. The third kappa shape index (κ3) is 3.47. The molecule has 140 valence electrons. The summed E-state index contributed by atoms with van der Waals surface area (Å²) >= 11 is 0. The minimum atomic E-state index is -1.20. The highest BCUT2D eigenvalue weighted by molar-refractivity contribution is 8.93. The summed E-state index contributed by atoms with van der Waals surface area (Å²) in [6.45, 7) is 2.06. The van der Waals surface area contributed by atoms with E-state index in [9.17, 15) is 9.90 Å². The van der Waals surface area contributed by atoms with Gasteiger partial charge in [0.2, 0.25) is 0 Å². The van der Waals surface area contributed by atoms with Gasteiger partial charge in [-0.05, 0) is 23.1 Å². The number of hydrogen-bond donors (Lipinski definition) is 1. The van der Waals surface area contributed by atoms with Gasteiger partial charge >= 0.3 is 5.97 Å². The van der Waals surface area contributed by atoms with Gasteiger partial charge in [-0.2, -0.15) is 0 Å². The summed E-state index contributed by atoms with van der Waals surface area (Å²) in [5.74, 6) is -0.858. The first-order valence-electron chi connectivity index (χ1n) is 8.76. The Balaban J connectivity index is 0.00000261. The molecule has 3 aromatic carbocycles. The average molecular weight is 443 g/mol. The van der Waals surface area contributed by atoms with Crippen molar-refractivity contribution in [2.75, 3.05) is 0 Å². The zero-order valence-electron chi connectivity index (χ0n) is 15.2.